The lowest BCUT2D eigenvalue weighted by Gasteiger charge is -2.26. The molecule has 50 heavy (non-hydrogen) atoms. The van der Waals surface area contributed by atoms with E-state index in [9.17, 15) is 0 Å². The van der Waals surface area contributed by atoms with Gasteiger partial charge in [0.15, 0.2) is 0 Å². The van der Waals surface area contributed by atoms with Crippen molar-refractivity contribution in [2.24, 2.45) is 15.9 Å². The van der Waals surface area contributed by atoms with Crippen LogP contribution in [0.15, 0.2) is 168 Å². The summed E-state index contributed by atoms with van der Waals surface area (Å²) in [6.45, 7) is 0. The summed E-state index contributed by atoms with van der Waals surface area (Å²) in [6, 6.07) is 47.5. The molecule has 2 heteroatoms. The Morgan fingerprint density at radius 1 is 0.500 bits per heavy atom. The third-order valence-electron chi connectivity index (χ3n) is 10.7. The molecule has 236 valence electrons. The summed E-state index contributed by atoms with van der Waals surface area (Å²) in [5.41, 5.74) is 12.2. The van der Waals surface area contributed by atoms with Gasteiger partial charge in [-0.3, -0.25) is 9.98 Å². The van der Waals surface area contributed by atoms with Crippen molar-refractivity contribution in [1.82, 2.24) is 0 Å². The fraction of sp³-hybridized carbons (Fsp3) is 0.0833. The van der Waals surface area contributed by atoms with E-state index in [2.05, 4.69) is 164 Å². The molecule has 0 radical (unpaired) electrons. The lowest BCUT2D eigenvalue weighted by atomic mass is 9.83. The van der Waals surface area contributed by atoms with E-state index in [4.69, 9.17) is 9.98 Å². The molecule has 0 aromatic heterocycles. The largest absolute Gasteiger partial charge is 0.284 e. The first-order chi connectivity index (χ1) is 24.8. The molecule has 7 aromatic carbocycles. The average molecular weight is 639 g/mol. The predicted molar refractivity (Wildman–Crippen MR) is 214 cm³/mol. The van der Waals surface area contributed by atoms with Crippen molar-refractivity contribution in [3.05, 3.63) is 169 Å². The summed E-state index contributed by atoms with van der Waals surface area (Å²) in [7, 11) is 0. The van der Waals surface area contributed by atoms with Gasteiger partial charge in [0.05, 0.1) is 11.7 Å². The zero-order valence-corrected chi connectivity index (χ0v) is 27.6. The highest BCUT2D eigenvalue weighted by atomic mass is 14.8. The van der Waals surface area contributed by atoms with E-state index in [1.807, 2.05) is 6.21 Å². The maximum atomic E-state index is 4.85. The van der Waals surface area contributed by atoms with Gasteiger partial charge in [-0.05, 0) is 120 Å². The van der Waals surface area contributed by atoms with Crippen molar-refractivity contribution >= 4 is 56.0 Å². The molecule has 1 aliphatic carbocycles. The number of fused-ring (bicyclic) bond motifs is 8. The zero-order valence-electron chi connectivity index (χ0n) is 27.6. The number of aliphatic imine (C=N–C) groups is 2. The van der Waals surface area contributed by atoms with Crippen LogP contribution in [0.5, 0.6) is 0 Å². The van der Waals surface area contributed by atoms with Crippen LogP contribution in [0.2, 0.25) is 0 Å². The topological polar surface area (TPSA) is 24.7 Å². The molecule has 2 heterocycles. The zero-order chi connectivity index (χ0) is 33.0. The van der Waals surface area contributed by atoms with Crippen LogP contribution in [0.1, 0.15) is 17.5 Å². The lowest BCUT2D eigenvalue weighted by molar-refractivity contribution is 0.699. The number of hydrogen-bond donors (Lipinski definition) is 0. The molecule has 0 saturated carbocycles. The van der Waals surface area contributed by atoms with Gasteiger partial charge in [-0.1, -0.05) is 127 Å². The molecule has 2 atom stereocenters. The van der Waals surface area contributed by atoms with Crippen LogP contribution in [0.4, 0.5) is 5.69 Å². The van der Waals surface area contributed by atoms with Crippen LogP contribution in [0.25, 0.3) is 71.3 Å². The molecule has 0 spiro atoms. The van der Waals surface area contributed by atoms with Gasteiger partial charge in [-0.25, -0.2) is 0 Å². The van der Waals surface area contributed by atoms with Gasteiger partial charge < -0.3 is 0 Å². The van der Waals surface area contributed by atoms with E-state index >= 15 is 0 Å². The molecular weight excluding hydrogens is 605 g/mol. The van der Waals surface area contributed by atoms with Gasteiger partial charge in [0.2, 0.25) is 0 Å². The summed E-state index contributed by atoms with van der Waals surface area (Å²) >= 11 is 0. The van der Waals surface area contributed by atoms with E-state index in [0.717, 1.165) is 18.5 Å². The Balaban J connectivity index is 1.09. The number of benzene rings is 7. The molecule has 2 unspecified atom stereocenters. The highest BCUT2D eigenvalue weighted by Gasteiger charge is 2.25. The van der Waals surface area contributed by atoms with Crippen LogP contribution in [0, 0.1) is 5.92 Å². The van der Waals surface area contributed by atoms with Crippen molar-refractivity contribution in [1.29, 1.82) is 0 Å². The molecule has 0 bridgehead atoms. The first kappa shape index (κ1) is 28.9. The Morgan fingerprint density at radius 3 is 1.92 bits per heavy atom. The second-order valence-corrected chi connectivity index (χ2v) is 13.6. The monoisotopic (exact) mass is 638 g/mol. The summed E-state index contributed by atoms with van der Waals surface area (Å²) < 4.78 is 0. The predicted octanol–water partition coefficient (Wildman–Crippen LogP) is 12.4. The molecule has 0 N–H and O–H groups in total. The maximum absolute atomic E-state index is 4.85. The highest BCUT2D eigenvalue weighted by Crippen LogP contribution is 2.41. The number of allylic oxidation sites excluding steroid dienone is 3. The number of nitrogens with zero attached hydrogens (tertiary/aromatic N) is 2. The SMILES string of the molecule is C1=CC2C=CC=C(c3cccc(-c4ccc5c6ccccc6c6cc(-c7cccc(-c8cccc9c8N=CCC9)c7)ccc6c5c4)c3)C2N=C1. The van der Waals surface area contributed by atoms with E-state index < -0.39 is 0 Å². The van der Waals surface area contributed by atoms with Gasteiger partial charge >= 0.3 is 0 Å². The summed E-state index contributed by atoms with van der Waals surface area (Å²) in [4.78, 5) is 9.66. The molecule has 7 aromatic rings. The summed E-state index contributed by atoms with van der Waals surface area (Å²) in [5.74, 6) is 0.314. The number of rotatable bonds is 4. The fourth-order valence-electron chi connectivity index (χ4n) is 8.25. The van der Waals surface area contributed by atoms with Crippen molar-refractivity contribution in [2.45, 2.75) is 18.9 Å². The minimum atomic E-state index is 0.133. The second kappa shape index (κ2) is 11.8. The number of hydrogen-bond acceptors (Lipinski definition) is 2. The van der Waals surface area contributed by atoms with Gasteiger partial charge in [-0.2, -0.15) is 0 Å². The number of para-hydroxylation sites is 1. The minimum absolute atomic E-state index is 0.133. The Hall–Kier alpha value is -6.12. The van der Waals surface area contributed by atoms with Crippen molar-refractivity contribution in [3.8, 4) is 33.4 Å². The smallest absolute Gasteiger partial charge is 0.0852 e. The Kier molecular flexibility index (Phi) is 6.80. The van der Waals surface area contributed by atoms with Gasteiger partial charge in [-0.15, -0.1) is 0 Å². The summed E-state index contributed by atoms with van der Waals surface area (Å²) in [6.07, 6.45) is 17.0. The van der Waals surface area contributed by atoms with Crippen LogP contribution >= 0.6 is 0 Å². The van der Waals surface area contributed by atoms with Crippen molar-refractivity contribution < 1.29 is 0 Å². The first-order valence-corrected chi connectivity index (χ1v) is 17.6. The lowest BCUT2D eigenvalue weighted by Crippen LogP contribution is -2.21. The van der Waals surface area contributed by atoms with E-state index in [-0.39, 0.29) is 6.04 Å². The van der Waals surface area contributed by atoms with Crippen LogP contribution < -0.4 is 0 Å². The Bertz CT molecular complexity index is 2670. The van der Waals surface area contributed by atoms with Crippen LogP contribution in [-0.4, -0.2) is 18.5 Å². The van der Waals surface area contributed by atoms with E-state index in [0.29, 0.717) is 5.92 Å². The van der Waals surface area contributed by atoms with Crippen molar-refractivity contribution in [2.75, 3.05) is 0 Å². The van der Waals surface area contributed by atoms with Crippen LogP contribution in [0.3, 0.4) is 0 Å². The Labute approximate surface area is 292 Å². The molecule has 2 nitrogen and oxygen atoms in total. The number of dihydropyridines is 1. The fourth-order valence-corrected chi connectivity index (χ4v) is 8.25. The van der Waals surface area contributed by atoms with Gasteiger partial charge in [0, 0.05) is 23.9 Å². The quantitative estimate of drug-likeness (QED) is 0.171. The molecule has 0 fully saturated rings. The molecule has 0 amide bonds. The normalized spacial score (nSPS) is 17.6. The standard InChI is InChI=1S/C48H34N2/c1-2-18-42-41(17-1)43-23-21-35(33-11-3-13-37(27-33)39-19-5-9-31-15-7-25-49-47(31)39)30-46(43)44-24-22-36(29-45(42)44)34-12-4-14-38(28-34)40-20-6-10-32-16-8-26-50-48(32)40/h1-7,9-15,17-31,47H,8,16H2. The van der Waals surface area contributed by atoms with Crippen molar-refractivity contribution in [3.63, 3.8) is 0 Å². The van der Waals surface area contributed by atoms with Crippen LogP contribution in [-0.2, 0) is 6.42 Å². The average Bonchev–Trinajstić information content (AvgIpc) is 3.20. The number of aryl methyl sites for hydroxylation is 1. The van der Waals surface area contributed by atoms with Gasteiger partial charge in [0.1, 0.15) is 0 Å². The molecule has 10 rings (SSSR count). The molecule has 3 aliphatic rings. The third kappa shape index (κ3) is 4.79. The minimum Gasteiger partial charge on any atom is -0.284 e. The van der Waals surface area contributed by atoms with E-state index in [1.54, 1.807) is 0 Å². The Morgan fingerprint density at radius 2 is 1.12 bits per heavy atom. The molecular formula is C48H34N2. The van der Waals surface area contributed by atoms with E-state index in [1.165, 1.54) is 82.4 Å². The first-order valence-electron chi connectivity index (χ1n) is 17.6. The molecule has 2 aliphatic heterocycles. The van der Waals surface area contributed by atoms with Gasteiger partial charge in [0.25, 0.3) is 0 Å². The highest BCUT2D eigenvalue weighted by molar-refractivity contribution is 6.26. The molecule has 0 saturated heterocycles. The second-order valence-electron chi connectivity index (χ2n) is 13.6. The third-order valence-corrected chi connectivity index (χ3v) is 10.7. The summed E-state index contributed by atoms with van der Waals surface area (Å²) in [5, 5.41) is 7.67. The maximum Gasteiger partial charge on any atom is 0.0852 e.